The van der Waals surface area contributed by atoms with E-state index in [4.69, 9.17) is 26.9 Å². The van der Waals surface area contributed by atoms with Gasteiger partial charge in [0.2, 0.25) is 23.6 Å². The molecule has 2 aliphatic heterocycles. The Bertz CT molecular complexity index is 2490. The molecule has 2 aliphatic rings. The number of aliphatic hydroxyl groups excluding tert-OH is 1. The molecule has 4 rings (SSSR count). The Hall–Kier alpha value is -7.40. The zero-order chi connectivity index (χ0) is 57.1. The predicted octanol–water partition coefficient (Wildman–Crippen LogP) is -1.58. The molecule has 2 aromatic rings. The van der Waals surface area contributed by atoms with Crippen LogP contribution in [0, 0.1) is 5.92 Å². The van der Waals surface area contributed by atoms with Gasteiger partial charge >= 0.3 is 179 Å². The number of nitrogens with zero attached hydrogens (tertiary/aromatic N) is 6. The first-order valence-corrected chi connectivity index (χ1v) is 29.5. The number of benzene rings is 2. The number of nitrogens with one attached hydrogen (secondary N) is 4. The van der Waals surface area contributed by atoms with Crippen LogP contribution in [0.5, 0.6) is 0 Å². The second-order valence-corrected chi connectivity index (χ2v) is 23.0. The first-order valence-electron chi connectivity index (χ1n) is 25.7. The Morgan fingerprint density at radius 1 is 0.731 bits per heavy atom. The van der Waals surface area contributed by atoms with Gasteiger partial charge in [0.15, 0.2) is 5.96 Å². The van der Waals surface area contributed by atoms with Gasteiger partial charge in [-0.25, -0.2) is 9.79 Å². The van der Waals surface area contributed by atoms with Crippen LogP contribution in [-0.2, 0) is 51.2 Å². The van der Waals surface area contributed by atoms with E-state index in [1.54, 1.807) is 60.7 Å². The van der Waals surface area contributed by atoms with Crippen LogP contribution in [0.2, 0.25) is 0 Å². The molecule has 8 amide bonds. The third kappa shape index (κ3) is 21.2. The summed E-state index contributed by atoms with van der Waals surface area (Å²) in [6.07, 6.45) is 4.40. The van der Waals surface area contributed by atoms with Crippen LogP contribution in [0.25, 0.3) is 0 Å². The quantitative estimate of drug-likeness (QED) is 0.00467. The molecule has 0 saturated carbocycles. The van der Waals surface area contributed by atoms with Crippen molar-refractivity contribution in [2.75, 3.05) is 50.3 Å². The molecule has 2 aromatic carbocycles. The second kappa shape index (κ2) is 33.0. The van der Waals surface area contributed by atoms with Gasteiger partial charge in [-0.2, -0.15) is 0 Å². The molecule has 2 heterocycles. The van der Waals surface area contributed by atoms with Crippen LogP contribution in [0.4, 0.5) is 4.79 Å². The molecule has 27 heteroatoms. The van der Waals surface area contributed by atoms with E-state index in [-0.39, 0.29) is 73.4 Å². The Morgan fingerprint density at radius 3 is 1.91 bits per heavy atom. The first-order chi connectivity index (χ1) is 37.3. The Kier molecular flexibility index (Phi) is 26.7. The third-order valence-electron chi connectivity index (χ3n) is 12.7. The average Bonchev–Trinajstić information content (AvgIpc) is 4.14. The fourth-order valence-corrected chi connectivity index (χ4v) is 11.4. The molecule has 26 nitrogen and oxygen atoms in total. The fraction of sp³-hybridized carbons (Fsp3) is 0.510. The van der Waals surface area contributed by atoms with E-state index in [1.165, 1.54) is 14.4 Å². The number of guanidine groups is 2. The monoisotopic (exact) mass is 1200 g/mol. The standard InChI is InChI=1S/C51H74IN15O11/c1-65(49(78)52(57)22-13-24-59-51(55)56)25-9-8-21-42(70)66-26-11-19-39(66)45(73)61-31-41(69)60-30-35(28-33-14-4-2-5-15-33)43(71)64-38(32-68)47(75)67-27-12-20-40(67)46(74)63-37(29-34-16-6-3-7-17-34)44(72)62-36(48(76)77)18-10-23-58-50(53)54/h2-7,14-17,30,35-40,68H,1,8-13,18-29,31-32,57H2,(H12-,53,54,55,56,58,59,61,62,63,64,71,72,73,74,76,77)/p+1/t35?,36?,37-,38-,39-,40?/m0/s1. The van der Waals surface area contributed by atoms with Gasteiger partial charge < -0.3 is 42.5 Å². The number of hydrogen-bond acceptors (Lipinski definition) is 13. The average molecular weight is 1200 g/mol. The SMILES string of the molecule is C=[N+](CCCCC(=O)N1CCC[C@H]1C(=O)NCC(=O)N=CC(Cc1ccccc1)C(=O)N[C@@H](CO)C(=O)N1CCCC1C(=O)N[C@@H](Cc1ccccc1)C(=O)NC(CCCN=C(N)N)C(=O)O)C(=O)I(N)CCCN=C(N)N. The van der Waals surface area contributed by atoms with Crippen molar-refractivity contribution in [3.05, 3.63) is 71.8 Å². The van der Waals surface area contributed by atoms with E-state index < -0.39 is 111 Å². The summed E-state index contributed by atoms with van der Waals surface area (Å²) in [6.45, 7) is 3.62. The number of unbranched alkanes of at least 4 members (excludes halogenated alkanes) is 1. The summed E-state index contributed by atoms with van der Waals surface area (Å²) in [5.74, 6) is -7.36. The van der Waals surface area contributed by atoms with Crippen LogP contribution in [0.15, 0.2) is 75.6 Å². The molecule has 2 saturated heterocycles. The number of aliphatic hydroxyl groups is 1. The van der Waals surface area contributed by atoms with E-state index in [2.05, 4.69) is 43.0 Å². The zero-order valence-corrected chi connectivity index (χ0v) is 45.8. The molecular formula is C51H75IN15O11+. The van der Waals surface area contributed by atoms with Crippen molar-refractivity contribution < 1.29 is 57.9 Å². The van der Waals surface area contributed by atoms with E-state index in [9.17, 15) is 53.4 Å². The summed E-state index contributed by atoms with van der Waals surface area (Å²) in [7, 11) is 0. The molecule has 0 bridgehead atoms. The number of carbonyl (C=O) groups is 9. The van der Waals surface area contributed by atoms with Crippen LogP contribution in [-0.4, -0.2) is 181 Å². The van der Waals surface area contributed by atoms with Crippen molar-refractivity contribution >= 4 is 96.2 Å². The molecule has 0 aliphatic carbocycles. The molecule has 3 unspecified atom stereocenters. The molecule has 78 heavy (non-hydrogen) atoms. The molecule has 6 atom stereocenters. The number of likely N-dealkylation sites (tertiary alicyclic amines) is 2. The van der Waals surface area contributed by atoms with Gasteiger partial charge in [-0.1, -0.05) is 60.7 Å². The molecular weight excluding hydrogens is 1130 g/mol. The summed E-state index contributed by atoms with van der Waals surface area (Å²) in [6, 6.07) is 11.3. The number of alkyl halides is 1. The molecule has 0 spiro atoms. The molecule has 2 fully saturated rings. The van der Waals surface area contributed by atoms with Gasteiger partial charge in [0.05, 0.1) is 12.5 Å². The van der Waals surface area contributed by atoms with Gasteiger partial charge in [0, 0.05) is 25.7 Å². The van der Waals surface area contributed by atoms with Crippen molar-refractivity contribution in [3.8, 4) is 0 Å². The predicted molar refractivity (Wildman–Crippen MR) is 300 cm³/mol. The van der Waals surface area contributed by atoms with E-state index in [1.807, 2.05) is 0 Å². The van der Waals surface area contributed by atoms with E-state index in [0.29, 0.717) is 73.7 Å². The van der Waals surface area contributed by atoms with Crippen LogP contribution in [0.3, 0.4) is 0 Å². The van der Waals surface area contributed by atoms with Crippen molar-refractivity contribution in [2.45, 2.75) is 107 Å². The number of nitrogens with two attached hydrogens (primary N) is 5. The van der Waals surface area contributed by atoms with Gasteiger partial charge in [0.1, 0.15) is 24.2 Å². The van der Waals surface area contributed by atoms with Gasteiger partial charge in [-0.3, -0.25) is 29.0 Å². The maximum atomic E-state index is 14.1. The number of amides is 8. The summed E-state index contributed by atoms with van der Waals surface area (Å²) < 4.78 is 7.82. The zero-order valence-electron chi connectivity index (χ0n) is 43.7. The number of hydrogen-bond donors (Lipinski definition) is 11. The van der Waals surface area contributed by atoms with Crippen molar-refractivity contribution in [2.24, 2.45) is 47.8 Å². The molecule has 426 valence electrons. The minimum atomic E-state index is -2.45. The molecule has 0 radical (unpaired) electrons. The molecule has 16 N–H and O–H groups in total. The Balaban J connectivity index is 1.35. The van der Waals surface area contributed by atoms with Crippen LogP contribution < -0.4 is 48.1 Å². The van der Waals surface area contributed by atoms with Crippen molar-refractivity contribution in [3.63, 3.8) is 0 Å². The normalized spacial score (nSPS) is 16.7. The van der Waals surface area contributed by atoms with Crippen molar-refractivity contribution in [1.82, 2.24) is 31.1 Å². The number of carbonyl (C=O) groups excluding carboxylic acids is 8. The van der Waals surface area contributed by atoms with Crippen molar-refractivity contribution in [1.29, 1.82) is 0 Å². The van der Waals surface area contributed by atoms with E-state index in [0.717, 1.165) is 6.21 Å². The third-order valence-corrected chi connectivity index (χ3v) is 16.5. The number of carboxylic acid groups (broad SMARTS) is 1. The summed E-state index contributed by atoms with van der Waals surface area (Å²) in [5, 5.41) is 30.7. The number of rotatable bonds is 31. The van der Waals surface area contributed by atoms with Gasteiger partial charge in [-0.15, -0.1) is 0 Å². The number of aliphatic imine (C=N–C) groups is 3. The second-order valence-electron chi connectivity index (χ2n) is 18.7. The van der Waals surface area contributed by atoms with Gasteiger partial charge in [-0.05, 0) is 43.2 Å². The van der Waals surface area contributed by atoms with Gasteiger partial charge in [0.25, 0.3) is 5.91 Å². The first kappa shape index (κ1) is 63.1. The number of halogens is 1. The maximum absolute atomic E-state index is 14.1. The Morgan fingerprint density at radius 2 is 1.31 bits per heavy atom. The topological polar surface area (TPSA) is 419 Å². The Labute approximate surface area is 460 Å². The summed E-state index contributed by atoms with van der Waals surface area (Å²) >= 11 is -2.45. The van der Waals surface area contributed by atoms with Crippen LogP contribution in [0.1, 0.15) is 75.3 Å². The molecule has 0 aromatic heterocycles. The minimum absolute atomic E-state index is 0.0142. The fourth-order valence-electron chi connectivity index (χ4n) is 8.70. The summed E-state index contributed by atoms with van der Waals surface area (Å²) in [4.78, 5) is 135. The number of carboxylic acids is 1. The van der Waals surface area contributed by atoms with E-state index >= 15 is 0 Å². The number of aliphatic carboxylic acids is 1. The van der Waals surface area contributed by atoms with Crippen LogP contribution >= 0.6 is 20.1 Å². The summed E-state index contributed by atoms with van der Waals surface area (Å²) in [5.41, 5.74) is 22.7.